The minimum Gasteiger partial charge on any atom is -0.481 e. The van der Waals surface area contributed by atoms with E-state index in [-0.39, 0.29) is 0 Å². The van der Waals surface area contributed by atoms with Gasteiger partial charge >= 0.3 is 11.9 Å². The largest absolute Gasteiger partial charge is 0.481 e. The van der Waals surface area contributed by atoms with Gasteiger partial charge in [0.25, 0.3) is 0 Å². The average molecular weight is 302 g/mol. The van der Waals surface area contributed by atoms with Gasteiger partial charge in [-0.25, -0.2) is 4.79 Å². The fourth-order valence-electron chi connectivity index (χ4n) is 2.36. The number of aliphatic carboxylic acids is 1. The second-order valence-electron chi connectivity index (χ2n) is 5.60. The van der Waals surface area contributed by atoms with Crippen molar-refractivity contribution in [2.75, 3.05) is 0 Å². The Hall–Kier alpha value is -1.10. The molecule has 0 aromatic heterocycles. The van der Waals surface area contributed by atoms with Crippen molar-refractivity contribution in [1.82, 2.24) is 0 Å². The lowest BCUT2D eigenvalue weighted by Gasteiger charge is -2.02. The molecule has 0 spiro atoms. The molecule has 0 bridgehead atoms. The maximum Gasteiger partial charge on any atom is 0.342 e. The van der Waals surface area contributed by atoms with E-state index >= 15 is 0 Å². The zero-order chi connectivity index (χ0) is 15.8. The molecule has 21 heavy (non-hydrogen) atoms. The van der Waals surface area contributed by atoms with E-state index in [1.165, 1.54) is 38.5 Å². The van der Waals surface area contributed by atoms with Gasteiger partial charge in [-0.3, -0.25) is 4.79 Å². The van der Waals surface area contributed by atoms with Crippen LogP contribution in [0.15, 0.2) is 0 Å². The molecule has 0 radical (unpaired) electrons. The molecular weight excluding hydrogens is 272 g/mol. The molecule has 0 atom stereocenters. The second kappa shape index (κ2) is 15.3. The summed E-state index contributed by atoms with van der Waals surface area (Å²) in [5, 5.41) is 16.6. The Labute approximate surface area is 127 Å². The van der Waals surface area contributed by atoms with Crippen LogP contribution in [0.25, 0.3) is 0 Å². The van der Waals surface area contributed by atoms with Gasteiger partial charge in [-0.1, -0.05) is 64.2 Å². The predicted octanol–water partition coefficient (Wildman–Crippen LogP) is 4.55. The maximum absolute atomic E-state index is 10.6. The van der Waals surface area contributed by atoms with Crippen LogP contribution in [0.4, 0.5) is 0 Å². The maximum atomic E-state index is 10.6. The smallest absolute Gasteiger partial charge is 0.342 e. The number of carboxylic acids is 1. The Morgan fingerprint density at radius 3 is 1.29 bits per heavy atom. The molecule has 0 heterocycles. The average Bonchev–Trinajstić information content (AvgIpc) is 2.46. The quantitative estimate of drug-likeness (QED) is 0.263. The molecule has 0 saturated carbocycles. The van der Waals surface area contributed by atoms with Crippen molar-refractivity contribution in [2.24, 2.45) is 0 Å². The van der Waals surface area contributed by atoms with E-state index in [4.69, 9.17) is 10.4 Å². The van der Waals surface area contributed by atoms with E-state index in [9.17, 15) is 9.59 Å². The summed E-state index contributed by atoms with van der Waals surface area (Å²) in [7, 11) is 0. The molecular formula is C16H30O5. The van der Waals surface area contributed by atoms with Crippen LogP contribution in [-0.4, -0.2) is 22.3 Å². The van der Waals surface area contributed by atoms with Crippen LogP contribution in [0.1, 0.15) is 89.9 Å². The molecule has 0 aromatic rings. The molecule has 0 amide bonds. The highest BCUT2D eigenvalue weighted by Crippen LogP contribution is 2.13. The van der Waals surface area contributed by atoms with Gasteiger partial charge in [0.05, 0.1) is 0 Å². The van der Waals surface area contributed by atoms with Crippen LogP contribution < -0.4 is 0 Å². The van der Waals surface area contributed by atoms with Crippen LogP contribution in [0.5, 0.6) is 0 Å². The lowest BCUT2D eigenvalue weighted by molar-refractivity contribution is -0.234. The number of rotatable bonds is 15. The number of hydrogen-bond donors (Lipinski definition) is 2. The van der Waals surface area contributed by atoms with E-state index in [0.717, 1.165) is 38.5 Å². The third-order valence-electron chi connectivity index (χ3n) is 3.62. The Kier molecular flexibility index (Phi) is 14.5. The van der Waals surface area contributed by atoms with Crippen LogP contribution in [-0.2, 0) is 14.5 Å². The molecule has 0 rings (SSSR count). The molecule has 0 saturated heterocycles. The van der Waals surface area contributed by atoms with Crippen LogP contribution in [0.2, 0.25) is 0 Å². The van der Waals surface area contributed by atoms with Gasteiger partial charge in [-0.15, -0.1) is 0 Å². The molecule has 0 fully saturated rings. The first-order chi connectivity index (χ1) is 10.2. The minimum atomic E-state index is -0.691. The summed E-state index contributed by atoms with van der Waals surface area (Å²) in [6, 6.07) is 0. The topological polar surface area (TPSA) is 83.8 Å². The monoisotopic (exact) mass is 302 g/mol. The zero-order valence-corrected chi connectivity index (χ0v) is 13.0. The fraction of sp³-hybridized carbons (Fsp3) is 0.875. The van der Waals surface area contributed by atoms with E-state index in [1.807, 2.05) is 0 Å². The Morgan fingerprint density at radius 1 is 0.619 bits per heavy atom. The molecule has 0 aliphatic carbocycles. The molecule has 5 nitrogen and oxygen atoms in total. The summed E-state index contributed by atoms with van der Waals surface area (Å²) in [5.74, 6) is -1.23. The fourth-order valence-corrected chi connectivity index (χ4v) is 2.36. The molecule has 0 aliphatic rings. The Morgan fingerprint density at radius 2 is 0.952 bits per heavy atom. The standard InChI is InChI=1S/C16H30O5/c17-15(18)13-11-9-7-5-3-1-2-4-6-8-10-12-14-16(19)21-20/h20H,1-14H2,(H,17,18). The third-order valence-corrected chi connectivity index (χ3v) is 3.62. The minimum absolute atomic E-state index is 0.302. The van der Waals surface area contributed by atoms with E-state index in [0.29, 0.717) is 12.8 Å². The summed E-state index contributed by atoms with van der Waals surface area (Å²) in [4.78, 5) is 24.6. The number of unbranched alkanes of at least 4 members (excludes halogenated alkanes) is 11. The molecule has 2 N–H and O–H groups in total. The van der Waals surface area contributed by atoms with Gasteiger partial charge in [0.15, 0.2) is 0 Å². The number of carboxylic acid groups (broad SMARTS) is 1. The van der Waals surface area contributed by atoms with Crippen molar-refractivity contribution in [1.29, 1.82) is 0 Å². The van der Waals surface area contributed by atoms with Crippen LogP contribution in [0.3, 0.4) is 0 Å². The third kappa shape index (κ3) is 16.8. The van der Waals surface area contributed by atoms with Gasteiger partial charge in [0, 0.05) is 12.8 Å². The molecule has 124 valence electrons. The van der Waals surface area contributed by atoms with Crippen molar-refractivity contribution in [3.8, 4) is 0 Å². The van der Waals surface area contributed by atoms with Gasteiger partial charge in [-0.2, -0.15) is 5.26 Å². The van der Waals surface area contributed by atoms with Gasteiger partial charge in [-0.05, 0) is 12.8 Å². The van der Waals surface area contributed by atoms with Crippen LogP contribution >= 0.6 is 0 Å². The van der Waals surface area contributed by atoms with E-state index in [2.05, 4.69) is 4.89 Å². The van der Waals surface area contributed by atoms with E-state index in [1.54, 1.807) is 0 Å². The first kappa shape index (κ1) is 19.9. The normalized spacial score (nSPS) is 10.5. The highest BCUT2D eigenvalue weighted by molar-refractivity contribution is 5.68. The second-order valence-corrected chi connectivity index (χ2v) is 5.60. The molecule has 0 unspecified atom stereocenters. The van der Waals surface area contributed by atoms with Gasteiger partial charge in [0.2, 0.25) is 0 Å². The summed E-state index contributed by atoms with van der Waals surface area (Å²) in [6.07, 6.45) is 13.9. The number of carbonyl (C=O) groups is 2. The van der Waals surface area contributed by atoms with Gasteiger partial charge in [0.1, 0.15) is 0 Å². The highest BCUT2D eigenvalue weighted by Gasteiger charge is 2.00. The molecule has 5 heteroatoms. The summed E-state index contributed by atoms with van der Waals surface area (Å²) < 4.78 is 0. The van der Waals surface area contributed by atoms with Gasteiger partial charge < -0.3 is 9.99 Å². The highest BCUT2D eigenvalue weighted by atomic mass is 17.1. The summed E-state index contributed by atoms with van der Waals surface area (Å²) >= 11 is 0. The van der Waals surface area contributed by atoms with Crippen molar-refractivity contribution < 1.29 is 24.8 Å². The predicted molar refractivity (Wildman–Crippen MR) is 81.0 cm³/mol. The van der Waals surface area contributed by atoms with Crippen molar-refractivity contribution in [3.63, 3.8) is 0 Å². The Balaban J connectivity index is 3.02. The Bertz CT molecular complexity index is 265. The first-order valence-corrected chi connectivity index (χ1v) is 8.23. The molecule has 0 aliphatic heterocycles. The van der Waals surface area contributed by atoms with Crippen LogP contribution in [0, 0.1) is 0 Å². The summed E-state index contributed by atoms with van der Waals surface area (Å²) in [5.41, 5.74) is 0. The molecule has 0 aromatic carbocycles. The lowest BCUT2D eigenvalue weighted by Crippen LogP contribution is -1.99. The number of carbonyl (C=O) groups excluding carboxylic acids is 1. The van der Waals surface area contributed by atoms with Crippen molar-refractivity contribution in [2.45, 2.75) is 89.9 Å². The zero-order valence-electron chi connectivity index (χ0n) is 13.0. The SMILES string of the molecule is O=C(O)CCCCCCCCCCCCCCC(=O)OO. The van der Waals surface area contributed by atoms with Crippen molar-refractivity contribution in [3.05, 3.63) is 0 Å². The van der Waals surface area contributed by atoms with E-state index < -0.39 is 11.9 Å². The summed E-state index contributed by atoms with van der Waals surface area (Å²) in [6.45, 7) is 0. The van der Waals surface area contributed by atoms with Crippen molar-refractivity contribution >= 4 is 11.9 Å². The first-order valence-electron chi connectivity index (χ1n) is 8.23. The lowest BCUT2D eigenvalue weighted by atomic mass is 10.0. The number of hydrogen-bond acceptors (Lipinski definition) is 4.